The smallest absolute Gasteiger partial charge is 0.240 e. The molecule has 4 N–H and O–H groups in total. The molecule has 0 aromatic carbocycles. The number of rotatable bonds is 5. The van der Waals surface area contributed by atoms with E-state index in [-0.39, 0.29) is 11.8 Å². The van der Waals surface area contributed by atoms with Crippen molar-refractivity contribution in [3.63, 3.8) is 0 Å². The van der Waals surface area contributed by atoms with Crippen LogP contribution in [0.3, 0.4) is 0 Å². The molecule has 0 radical (unpaired) electrons. The SMILES string of the molecule is CCC1(C(=O)NC(C(N)=O)C(C)C)CCCN1. The van der Waals surface area contributed by atoms with Crippen LogP contribution in [-0.2, 0) is 9.59 Å². The van der Waals surface area contributed by atoms with Crippen molar-refractivity contribution in [2.75, 3.05) is 6.54 Å². The molecule has 2 amide bonds. The van der Waals surface area contributed by atoms with Gasteiger partial charge in [-0.25, -0.2) is 0 Å². The van der Waals surface area contributed by atoms with Gasteiger partial charge in [-0.2, -0.15) is 0 Å². The van der Waals surface area contributed by atoms with Crippen molar-refractivity contribution in [1.29, 1.82) is 0 Å². The van der Waals surface area contributed by atoms with Crippen molar-refractivity contribution in [2.45, 2.75) is 51.6 Å². The van der Waals surface area contributed by atoms with Crippen molar-refractivity contribution in [3.05, 3.63) is 0 Å². The summed E-state index contributed by atoms with van der Waals surface area (Å²) in [6, 6.07) is -0.590. The second-order valence-electron chi connectivity index (χ2n) is 5.06. The van der Waals surface area contributed by atoms with Crippen molar-refractivity contribution in [1.82, 2.24) is 10.6 Å². The third-order valence-electron chi connectivity index (χ3n) is 3.54. The fraction of sp³-hybridized carbons (Fsp3) is 0.833. The summed E-state index contributed by atoms with van der Waals surface area (Å²) in [5, 5.41) is 6.01. The first-order valence-electron chi connectivity index (χ1n) is 6.28. The molecular weight excluding hydrogens is 218 g/mol. The van der Waals surface area contributed by atoms with Crippen molar-refractivity contribution in [3.8, 4) is 0 Å². The van der Waals surface area contributed by atoms with Gasteiger partial charge in [0.2, 0.25) is 11.8 Å². The van der Waals surface area contributed by atoms with E-state index < -0.39 is 17.5 Å². The average Bonchev–Trinajstić information content (AvgIpc) is 2.74. The van der Waals surface area contributed by atoms with Gasteiger partial charge in [0.1, 0.15) is 6.04 Å². The Kier molecular flexibility index (Phi) is 4.51. The van der Waals surface area contributed by atoms with Crippen LogP contribution in [0.5, 0.6) is 0 Å². The molecule has 1 aliphatic heterocycles. The van der Waals surface area contributed by atoms with Crippen LogP contribution in [0.1, 0.15) is 40.0 Å². The first kappa shape index (κ1) is 14.0. The monoisotopic (exact) mass is 241 g/mol. The molecule has 17 heavy (non-hydrogen) atoms. The lowest BCUT2D eigenvalue weighted by molar-refractivity contribution is -0.132. The Morgan fingerprint density at radius 2 is 2.12 bits per heavy atom. The summed E-state index contributed by atoms with van der Waals surface area (Å²) in [5.41, 5.74) is 4.78. The predicted octanol–water partition coefficient (Wildman–Crippen LogP) is 0.145. The fourth-order valence-electron chi connectivity index (χ4n) is 2.31. The summed E-state index contributed by atoms with van der Waals surface area (Å²) in [6.07, 6.45) is 2.53. The van der Waals surface area contributed by atoms with E-state index in [0.29, 0.717) is 0 Å². The fourth-order valence-corrected chi connectivity index (χ4v) is 2.31. The van der Waals surface area contributed by atoms with E-state index in [9.17, 15) is 9.59 Å². The highest BCUT2D eigenvalue weighted by molar-refractivity contribution is 5.91. The van der Waals surface area contributed by atoms with Gasteiger partial charge in [-0.05, 0) is 31.7 Å². The Hall–Kier alpha value is -1.10. The van der Waals surface area contributed by atoms with E-state index in [0.717, 1.165) is 25.8 Å². The standard InChI is InChI=1S/C12H23N3O2/c1-4-12(6-5-7-14-12)11(17)15-9(8(2)3)10(13)16/h8-9,14H,4-7H2,1-3H3,(H2,13,16)(H,15,17). The van der Waals surface area contributed by atoms with Crippen molar-refractivity contribution >= 4 is 11.8 Å². The summed E-state index contributed by atoms with van der Waals surface area (Å²) in [7, 11) is 0. The zero-order valence-electron chi connectivity index (χ0n) is 10.9. The molecule has 0 aromatic heterocycles. The van der Waals surface area contributed by atoms with Crippen molar-refractivity contribution < 1.29 is 9.59 Å². The summed E-state index contributed by atoms with van der Waals surface area (Å²) < 4.78 is 0. The van der Waals surface area contributed by atoms with E-state index in [1.807, 2.05) is 20.8 Å². The molecule has 1 aliphatic rings. The summed E-state index contributed by atoms with van der Waals surface area (Å²) >= 11 is 0. The Balaban J connectivity index is 2.72. The number of primary amides is 1. The van der Waals surface area contributed by atoms with Gasteiger partial charge in [0.15, 0.2) is 0 Å². The number of carbonyl (C=O) groups is 2. The van der Waals surface area contributed by atoms with E-state index in [2.05, 4.69) is 10.6 Å². The van der Waals surface area contributed by atoms with Crippen LogP contribution < -0.4 is 16.4 Å². The highest BCUT2D eigenvalue weighted by atomic mass is 16.2. The average molecular weight is 241 g/mol. The Morgan fingerprint density at radius 3 is 2.47 bits per heavy atom. The lowest BCUT2D eigenvalue weighted by atomic mass is 9.92. The van der Waals surface area contributed by atoms with Gasteiger partial charge in [0, 0.05) is 0 Å². The maximum Gasteiger partial charge on any atom is 0.240 e. The number of amides is 2. The molecule has 1 fully saturated rings. The van der Waals surface area contributed by atoms with Gasteiger partial charge in [0.05, 0.1) is 5.54 Å². The molecule has 98 valence electrons. The normalized spacial score (nSPS) is 25.9. The zero-order chi connectivity index (χ0) is 13.1. The van der Waals surface area contributed by atoms with Crippen LogP contribution in [0.4, 0.5) is 0 Å². The van der Waals surface area contributed by atoms with Crippen LogP contribution in [0.15, 0.2) is 0 Å². The van der Waals surface area contributed by atoms with Gasteiger partial charge in [0.25, 0.3) is 0 Å². The zero-order valence-corrected chi connectivity index (χ0v) is 10.9. The number of carbonyl (C=O) groups excluding carboxylic acids is 2. The van der Waals surface area contributed by atoms with Crippen molar-refractivity contribution in [2.24, 2.45) is 11.7 Å². The maximum atomic E-state index is 12.2. The second-order valence-corrected chi connectivity index (χ2v) is 5.06. The predicted molar refractivity (Wildman–Crippen MR) is 66.2 cm³/mol. The molecule has 0 saturated carbocycles. The molecule has 2 atom stereocenters. The topological polar surface area (TPSA) is 84.2 Å². The Morgan fingerprint density at radius 1 is 1.47 bits per heavy atom. The number of hydrogen-bond donors (Lipinski definition) is 3. The van der Waals surface area contributed by atoms with Gasteiger partial charge in [-0.3, -0.25) is 9.59 Å². The second kappa shape index (κ2) is 5.49. The van der Waals surface area contributed by atoms with Crippen LogP contribution in [0, 0.1) is 5.92 Å². The molecule has 1 heterocycles. The Bertz CT molecular complexity index is 296. The third kappa shape index (κ3) is 2.97. The number of nitrogens with one attached hydrogen (secondary N) is 2. The lowest BCUT2D eigenvalue weighted by Gasteiger charge is -2.30. The van der Waals surface area contributed by atoms with Gasteiger partial charge < -0.3 is 16.4 Å². The first-order chi connectivity index (χ1) is 7.93. The lowest BCUT2D eigenvalue weighted by Crippen LogP contribution is -2.58. The molecule has 2 unspecified atom stereocenters. The molecule has 0 spiro atoms. The van der Waals surface area contributed by atoms with E-state index in [4.69, 9.17) is 5.73 Å². The molecular formula is C12H23N3O2. The van der Waals surface area contributed by atoms with Crippen LogP contribution in [-0.4, -0.2) is 29.9 Å². The van der Waals surface area contributed by atoms with Gasteiger partial charge in [-0.1, -0.05) is 20.8 Å². The molecule has 0 bridgehead atoms. The number of hydrogen-bond acceptors (Lipinski definition) is 3. The maximum absolute atomic E-state index is 12.2. The third-order valence-corrected chi connectivity index (χ3v) is 3.54. The molecule has 1 saturated heterocycles. The Labute approximate surface area is 103 Å². The number of nitrogens with two attached hydrogens (primary N) is 1. The largest absolute Gasteiger partial charge is 0.368 e. The highest BCUT2D eigenvalue weighted by Gasteiger charge is 2.40. The summed E-state index contributed by atoms with van der Waals surface area (Å²) in [6.45, 7) is 6.57. The minimum absolute atomic E-state index is 0.00626. The highest BCUT2D eigenvalue weighted by Crippen LogP contribution is 2.23. The quantitative estimate of drug-likeness (QED) is 0.640. The minimum atomic E-state index is -0.590. The first-order valence-corrected chi connectivity index (χ1v) is 6.28. The molecule has 1 rings (SSSR count). The molecule has 5 heteroatoms. The van der Waals surface area contributed by atoms with Crippen LogP contribution >= 0.6 is 0 Å². The summed E-state index contributed by atoms with van der Waals surface area (Å²) in [4.78, 5) is 23.5. The molecule has 5 nitrogen and oxygen atoms in total. The van der Waals surface area contributed by atoms with E-state index >= 15 is 0 Å². The van der Waals surface area contributed by atoms with Crippen LogP contribution in [0.2, 0.25) is 0 Å². The van der Waals surface area contributed by atoms with E-state index in [1.54, 1.807) is 0 Å². The van der Waals surface area contributed by atoms with Gasteiger partial charge in [-0.15, -0.1) is 0 Å². The molecule has 0 aliphatic carbocycles. The summed E-state index contributed by atoms with van der Waals surface area (Å²) in [5.74, 6) is -0.570. The van der Waals surface area contributed by atoms with Crippen LogP contribution in [0.25, 0.3) is 0 Å². The van der Waals surface area contributed by atoms with Gasteiger partial charge >= 0.3 is 0 Å². The molecule has 0 aromatic rings. The van der Waals surface area contributed by atoms with E-state index in [1.165, 1.54) is 0 Å². The minimum Gasteiger partial charge on any atom is -0.368 e.